The second-order valence-corrected chi connectivity index (χ2v) is 7.47. The number of amides is 1. The molecule has 7 heteroatoms. The minimum absolute atomic E-state index is 0. The Morgan fingerprint density at radius 3 is 2.69 bits per heavy atom. The normalized spacial score (nSPS) is 25.2. The van der Waals surface area contributed by atoms with Crippen molar-refractivity contribution in [3.63, 3.8) is 0 Å². The highest BCUT2D eigenvalue weighted by Crippen LogP contribution is 2.24. The summed E-state index contributed by atoms with van der Waals surface area (Å²) in [7, 11) is 0. The molecule has 1 amide bonds. The topological polar surface area (TPSA) is 53.6 Å². The lowest BCUT2D eigenvalue weighted by atomic mass is 9.92. The van der Waals surface area contributed by atoms with Gasteiger partial charge in [-0.15, -0.1) is 12.4 Å². The van der Waals surface area contributed by atoms with Crippen LogP contribution >= 0.6 is 24.0 Å². The Morgan fingerprint density at radius 2 is 2.04 bits per heavy atom. The molecule has 2 N–H and O–H groups in total. The van der Waals surface area contributed by atoms with Crippen LogP contribution in [0.1, 0.15) is 31.4 Å². The Bertz CT molecular complexity index is 564. The minimum Gasteiger partial charge on any atom is -0.379 e. The van der Waals surface area contributed by atoms with E-state index in [-0.39, 0.29) is 30.3 Å². The molecule has 3 rings (SSSR count). The van der Waals surface area contributed by atoms with Gasteiger partial charge >= 0.3 is 0 Å². The van der Waals surface area contributed by atoms with E-state index in [9.17, 15) is 4.79 Å². The Labute approximate surface area is 167 Å². The van der Waals surface area contributed by atoms with Gasteiger partial charge in [-0.05, 0) is 44.0 Å². The fourth-order valence-electron chi connectivity index (χ4n) is 3.74. The van der Waals surface area contributed by atoms with Crippen LogP contribution in [-0.4, -0.2) is 56.2 Å². The van der Waals surface area contributed by atoms with Crippen molar-refractivity contribution in [3.8, 4) is 0 Å². The molecule has 0 spiro atoms. The quantitative estimate of drug-likeness (QED) is 0.795. The van der Waals surface area contributed by atoms with Gasteiger partial charge in [0, 0.05) is 36.6 Å². The van der Waals surface area contributed by atoms with Crippen LogP contribution in [0, 0.1) is 5.92 Å². The van der Waals surface area contributed by atoms with Crippen LogP contribution in [0.5, 0.6) is 0 Å². The Balaban J connectivity index is 0.00000243. The fraction of sp³-hybridized carbons (Fsp3) is 0.632. The molecule has 5 nitrogen and oxygen atoms in total. The second-order valence-electron chi connectivity index (χ2n) is 7.04. The van der Waals surface area contributed by atoms with Gasteiger partial charge in [0.15, 0.2) is 0 Å². The molecule has 2 fully saturated rings. The van der Waals surface area contributed by atoms with Gasteiger partial charge in [0.05, 0.1) is 19.3 Å². The standard InChI is InChI=1S/C19H28ClN3O2.ClH/c1-14-12-16(6-7-21-14)19(24)22-13-18(23-8-10-25-11-9-23)15-2-4-17(20)5-3-15;/h2-5,14,16,18,21H,6-13H2,1H3,(H,22,24);1H/t14-,16-,18?;/m0./s1. The number of hydrogen-bond donors (Lipinski definition) is 2. The van der Waals surface area contributed by atoms with Crippen LogP contribution in [0.3, 0.4) is 0 Å². The Hall–Kier alpha value is -0.850. The molecule has 0 aliphatic carbocycles. The number of morpholine rings is 1. The molecule has 1 aromatic rings. The number of nitrogens with one attached hydrogen (secondary N) is 2. The van der Waals surface area contributed by atoms with Crippen LogP contribution in [0.15, 0.2) is 24.3 Å². The third-order valence-electron chi connectivity index (χ3n) is 5.21. The molecule has 0 aromatic heterocycles. The van der Waals surface area contributed by atoms with Crippen molar-refractivity contribution in [2.24, 2.45) is 5.92 Å². The molecule has 2 saturated heterocycles. The van der Waals surface area contributed by atoms with E-state index in [1.54, 1.807) is 0 Å². The Morgan fingerprint density at radius 1 is 1.35 bits per heavy atom. The molecule has 2 aliphatic rings. The molecular weight excluding hydrogens is 373 g/mol. The monoisotopic (exact) mass is 401 g/mol. The first-order valence-electron chi connectivity index (χ1n) is 9.22. The summed E-state index contributed by atoms with van der Waals surface area (Å²) in [6.07, 6.45) is 1.83. The lowest BCUT2D eigenvalue weighted by Crippen LogP contribution is -2.46. The van der Waals surface area contributed by atoms with Crippen LogP contribution in [0.4, 0.5) is 0 Å². The zero-order valence-corrected chi connectivity index (χ0v) is 16.8. The summed E-state index contributed by atoms with van der Waals surface area (Å²) in [5, 5.41) is 7.33. The molecular formula is C19H29Cl2N3O2. The van der Waals surface area contributed by atoms with Gasteiger partial charge in [0.25, 0.3) is 0 Å². The van der Waals surface area contributed by atoms with E-state index in [1.807, 2.05) is 12.1 Å². The largest absolute Gasteiger partial charge is 0.379 e. The highest BCUT2D eigenvalue weighted by molar-refractivity contribution is 6.30. The summed E-state index contributed by atoms with van der Waals surface area (Å²) >= 11 is 6.04. The SMILES string of the molecule is C[C@H]1C[C@@H](C(=O)NCC(c2ccc(Cl)cc2)N2CCOCC2)CCN1.Cl. The first-order chi connectivity index (χ1) is 12.1. The van der Waals surface area contributed by atoms with E-state index in [0.717, 1.165) is 50.7 Å². The maximum Gasteiger partial charge on any atom is 0.223 e. The zero-order chi connectivity index (χ0) is 17.6. The number of piperidine rings is 1. The van der Waals surface area contributed by atoms with E-state index < -0.39 is 0 Å². The molecule has 1 aromatic carbocycles. The van der Waals surface area contributed by atoms with Crippen molar-refractivity contribution >= 4 is 29.9 Å². The summed E-state index contributed by atoms with van der Waals surface area (Å²) in [5.41, 5.74) is 1.19. The van der Waals surface area contributed by atoms with Crippen LogP contribution in [0.25, 0.3) is 0 Å². The number of benzene rings is 1. The number of rotatable bonds is 5. The molecule has 0 bridgehead atoms. The zero-order valence-electron chi connectivity index (χ0n) is 15.2. The van der Waals surface area contributed by atoms with Gasteiger partial charge in [-0.1, -0.05) is 23.7 Å². The van der Waals surface area contributed by atoms with Gasteiger partial charge < -0.3 is 15.4 Å². The summed E-state index contributed by atoms with van der Waals surface area (Å²) in [6, 6.07) is 8.52. The van der Waals surface area contributed by atoms with Gasteiger partial charge in [-0.25, -0.2) is 0 Å². The van der Waals surface area contributed by atoms with Gasteiger partial charge in [-0.2, -0.15) is 0 Å². The highest BCUT2D eigenvalue weighted by atomic mass is 35.5. The van der Waals surface area contributed by atoms with Gasteiger partial charge in [0.1, 0.15) is 0 Å². The average Bonchev–Trinajstić information content (AvgIpc) is 2.64. The summed E-state index contributed by atoms with van der Waals surface area (Å²) in [4.78, 5) is 15.0. The summed E-state index contributed by atoms with van der Waals surface area (Å²) in [6.45, 7) is 6.93. The van der Waals surface area contributed by atoms with Crippen molar-refractivity contribution in [2.45, 2.75) is 31.8 Å². The number of carbonyl (C=O) groups excluding carboxylic acids is 1. The highest BCUT2D eigenvalue weighted by Gasteiger charge is 2.27. The fourth-order valence-corrected chi connectivity index (χ4v) is 3.87. The molecule has 26 heavy (non-hydrogen) atoms. The van der Waals surface area contributed by atoms with Crippen LogP contribution in [-0.2, 0) is 9.53 Å². The predicted octanol–water partition coefficient (Wildman–Crippen LogP) is 2.64. The van der Waals surface area contributed by atoms with E-state index in [2.05, 4.69) is 34.6 Å². The molecule has 2 heterocycles. The lowest BCUT2D eigenvalue weighted by Gasteiger charge is -2.35. The van der Waals surface area contributed by atoms with Crippen LogP contribution < -0.4 is 10.6 Å². The summed E-state index contributed by atoms with van der Waals surface area (Å²) in [5.74, 6) is 0.298. The van der Waals surface area contributed by atoms with Crippen molar-refractivity contribution in [1.29, 1.82) is 0 Å². The van der Waals surface area contributed by atoms with Crippen LogP contribution in [0.2, 0.25) is 5.02 Å². The smallest absolute Gasteiger partial charge is 0.223 e. The number of hydrogen-bond acceptors (Lipinski definition) is 4. The molecule has 2 aliphatic heterocycles. The Kier molecular flexibility index (Phi) is 8.64. The lowest BCUT2D eigenvalue weighted by molar-refractivity contribution is -0.126. The van der Waals surface area contributed by atoms with Crippen molar-refractivity contribution in [1.82, 2.24) is 15.5 Å². The molecule has 0 saturated carbocycles. The maximum absolute atomic E-state index is 12.6. The van der Waals surface area contributed by atoms with Crippen molar-refractivity contribution in [3.05, 3.63) is 34.9 Å². The summed E-state index contributed by atoms with van der Waals surface area (Å²) < 4.78 is 5.48. The third kappa shape index (κ3) is 5.83. The van der Waals surface area contributed by atoms with Crippen molar-refractivity contribution < 1.29 is 9.53 Å². The predicted molar refractivity (Wildman–Crippen MR) is 107 cm³/mol. The molecule has 146 valence electrons. The van der Waals surface area contributed by atoms with Crippen molar-refractivity contribution in [2.75, 3.05) is 39.4 Å². The number of ether oxygens (including phenoxy) is 1. The van der Waals surface area contributed by atoms with E-state index >= 15 is 0 Å². The van der Waals surface area contributed by atoms with E-state index in [1.165, 1.54) is 5.56 Å². The first kappa shape index (κ1) is 21.5. The van der Waals surface area contributed by atoms with E-state index in [4.69, 9.17) is 16.3 Å². The number of halogens is 2. The van der Waals surface area contributed by atoms with E-state index in [0.29, 0.717) is 12.6 Å². The maximum atomic E-state index is 12.6. The molecule has 3 atom stereocenters. The van der Waals surface area contributed by atoms with Gasteiger partial charge in [-0.3, -0.25) is 9.69 Å². The first-order valence-corrected chi connectivity index (χ1v) is 9.59. The number of carbonyl (C=O) groups is 1. The average molecular weight is 402 g/mol. The number of nitrogens with zero attached hydrogens (tertiary/aromatic N) is 1. The molecule has 0 radical (unpaired) electrons. The second kappa shape index (κ2) is 10.5. The third-order valence-corrected chi connectivity index (χ3v) is 5.46. The minimum atomic E-state index is 0. The van der Waals surface area contributed by atoms with Gasteiger partial charge in [0.2, 0.25) is 5.91 Å². The molecule has 1 unspecified atom stereocenters.